The molecule has 0 spiro atoms. The molecule has 0 atom stereocenters. The van der Waals surface area contributed by atoms with Crippen molar-refractivity contribution in [3.05, 3.63) is 65.7 Å². The summed E-state index contributed by atoms with van der Waals surface area (Å²) in [6.45, 7) is 0.328. The number of ether oxygens (including phenoxy) is 3. The van der Waals surface area contributed by atoms with Crippen LogP contribution in [0.1, 0.15) is 28.8 Å². The normalized spacial score (nSPS) is 10.0. The largest absolute Gasteiger partial charge is 0.494 e. The van der Waals surface area contributed by atoms with Crippen molar-refractivity contribution in [2.75, 3.05) is 20.3 Å². The van der Waals surface area contributed by atoms with Crippen molar-refractivity contribution in [2.24, 2.45) is 0 Å². The van der Waals surface area contributed by atoms with Crippen molar-refractivity contribution in [3.63, 3.8) is 0 Å². The number of methoxy groups -OCH3 is 1. The number of benzene rings is 2. The molecule has 7 nitrogen and oxygen atoms in total. The van der Waals surface area contributed by atoms with Crippen LogP contribution in [0.5, 0.6) is 5.75 Å². The Bertz CT molecular complexity index is 773. The van der Waals surface area contributed by atoms with Crippen LogP contribution in [0.25, 0.3) is 0 Å². The number of hydrogen-bond donors (Lipinski definition) is 1. The topological polar surface area (TPSA) is 90.9 Å². The molecule has 0 aliphatic rings. The van der Waals surface area contributed by atoms with Gasteiger partial charge < -0.3 is 19.5 Å². The summed E-state index contributed by atoms with van der Waals surface area (Å²) >= 11 is 0. The standard InChI is InChI=1S/C21H23NO6/c1-26-21(25)17-11-9-16(10-12-17)14-22-19(23)15-28-20(24)8-5-13-27-18-6-3-2-4-7-18/h2-4,6-7,9-12H,5,8,13-15H2,1H3,(H,22,23). The highest BCUT2D eigenvalue weighted by Gasteiger charge is 2.08. The van der Waals surface area contributed by atoms with E-state index in [0.29, 0.717) is 18.6 Å². The second-order valence-electron chi connectivity index (χ2n) is 5.89. The Morgan fingerprint density at radius 3 is 2.36 bits per heavy atom. The first-order valence-electron chi connectivity index (χ1n) is 8.86. The Morgan fingerprint density at radius 1 is 0.964 bits per heavy atom. The molecule has 0 aliphatic carbocycles. The van der Waals surface area contributed by atoms with Crippen LogP contribution in [0.2, 0.25) is 0 Å². The van der Waals surface area contributed by atoms with Gasteiger partial charge in [0.2, 0.25) is 0 Å². The first kappa shape index (κ1) is 21.0. The molecule has 2 aromatic rings. The first-order chi connectivity index (χ1) is 13.6. The van der Waals surface area contributed by atoms with Gasteiger partial charge in [0.15, 0.2) is 6.61 Å². The Morgan fingerprint density at radius 2 is 1.68 bits per heavy atom. The van der Waals surface area contributed by atoms with E-state index in [9.17, 15) is 14.4 Å². The van der Waals surface area contributed by atoms with E-state index in [2.05, 4.69) is 10.1 Å². The number of para-hydroxylation sites is 1. The molecule has 1 amide bonds. The van der Waals surface area contributed by atoms with E-state index in [4.69, 9.17) is 9.47 Å². The van der Waals surface area contributed by atoms with Crippen LogP contribution in [0.15, 0.2) is 54.6 Å². The highest BCUT2D eigenvalue weighted by molar-refractivity contribution is 5.89. The zero-order valence-corrected chi connectivity index (χ0v) is 15.7. The van der Waals surface area contributed by atoms with E-state index in [1.165, 1.54) is 7.11 Å². The molecule has 0 unspecified atom stereocenters. The van der Waals surface area contributed by atoms with Crippen LogP contribution in [-0.4, -0.2) is 38.2 Å². The average Bonchev–Trinajstić information content (AvgIpc) is 2.74. The second kappa shape index (κ2) is 11.4. The highest BCUT2D eigenvalue weighted by Crippen LogP contribution is 2.09. The number of nitrogens with one attached hydrogen (secondary N) is 1. The monoisotopic (exact) mass is 385 g/mol. The van der Waals surface area contributed by atoms with Crippen LogP contribution < -0.4 is 10.1 Å². The maximum Gasteiger partial charge on any atom is 0.337 e. The summed E-state index contributed by atoms with van der Waals surface area (Å²) in [4.78, 5) is 34.8. The van der Waals surface area contributed by atoms with Crippen molar-refractivity contribution in [1.82, 2.24) is 5.32 Å². The molecule has 2 rings (SSSR count). The molecule has 2 aromatic carbocycles. The van der Waals surface area contributed by atoms with Crippen molar-refractivity contribution >= 4 is 17.8 Å². The molecule has 0 radical (unpaired) electrons. The third-order valence-corrected chi connectivity index (χ3v) is 3.77. The SMILES string of the molecule is COC(=O)c1ccc(CNC(=O)COC(=O)CCCOc2ccccc2)cc1. The summed E-state index contributed by atoms with van der Waals surface area (Å²) in [5, 5.41) is 2.65. The van der Waals surface area contributed by atoms with E-state index in [1.54, 1.807) is 24.3 Å². The van der Waals surface area contributed by atoms with Crippen molar-refractivity contribution < 1.29 is 28.6 Å². The zero-order chi connectivity index (χ0) is 20.2. The minimum Gasteiger partial charge on any atom is -0.494 e. The lowest BCUT2D eigenvalue weighted by molar-refractivity contribution is -0.148. The summed E-state index contributed by atoms with van der Waals surface area (Å²) in [7, 11) is 1.31. The summed E-state index contributed by atoms with van der Waals surface area (Å²) < 4.78 is 15.0. The van der Waals surface area contributed by atoms with Crippen LogP contribution in [-0.2, 0) is 25.6 Å². The summed E-state index contributed by atoms with van der Waals surface area (Å²) in [6.07, 6.45) is 0.678. The maximum atomic E-state index is 11.8. The molecule has 7 heteroatoms. The van der Waals surface area contributed by atoms with E-state index in [1.807, 2.05) is 30.3 Å². The minimum absolute atomic E-state index is 0.176. The number of carbonyl (C=O) groups is 3. The van der Waals surface area contributed by atoms with Gasteiger partial charge in [-0.3, -0.25) is 9.59 Å². The van der Waals surface area contributed by atoms with E-state index < -0.39 is 17.8 Å². The molecule has 0 bridgehead atoms. The first-order valence-corrected chi connectivity index (χ1v) is 8.86. The molecule has 0 saturated heterocycles. The lowest BCUT2D eigenvalue weighted by Crippen LogP contribution is -2.28. The zero-order valence-electron chi connectivity index (χ0n) is 15.7. The molecular weight excluding hydrogens is 362 g/mol. The highest BCUT2D eigenvalue weighted by atomic mass is 16.5. The molecular formula is C21H23NO6. The average molecular weight is 385 g/mol. The fourth-order valence-corrected chi connectivity index (χ4v) is 2.27. The lowest BCUT2D eigenvalue weighted by Gasteiger charge is -2.08. The van der Waals surface area contributed by atoms with E-state index in [0.717, 1.165) is 11.3 Å². The molecule has 28 heavy (non-hydrogen) atoms. The Kier molecular flexibility index (Phi) is 8.52. The van der Waals surface area contributed by atoms with Crippen LogP contribution in [0.4, 0.5) is 0 Å². The fraction of sp³-hybridized carbons (Fsp3) is 0.286. The van der Waals surface area contributed by atoms with E-state index >= 15 is 0 Å². The Balaban J connectivity index is 1.58. The third-order valence-electron chi connectivity index (χ3n) is 3.77. The van der Waals surface area contributed by atoms with Gasteiger partial charge in [-0.1, -0.05) is 30.3 Å². The van der Waals surface area contributed by atoms with Crippen LogP contribution in [0, 0.1) is 0 Å². The predicted molar refractivity (Wildman–Crippen MR) is 102 cm³/mol. The predicted octanol–water partition coefficient (Wildman–Crippen LogP) is 2.49. The Labute approximate surface area is 163 Å². The second-order valence-corrected chi connectivity index (χ2v) is 5.89. The third kappa shape index (κ3) is 7.49. The number of esters is 2. The Hall–Kier alpha value is -3.35. The molecule has 1 N–H and O–H groups in total. The van der Waals surface area contributed by atoms with Gasteiger partial charge in [0.1, 0.15) is 5.75 Å². The fourth-order valence-electron chi connectivity index (χ4n) is 2.27. The minimum atomic E-state index is -0.450. The van der Waals surface area contributed by atoms with Crippen molar-refractivity contribution in [1.29, 1.82) is 0 Å². The summed E-state index contributed by atoms with van der Waals surface area (Å²) in [5.41, 5.74) is 1.24. The lowest BCUT2D eigenvalue weighted by atomic mass is 10.1. The van der Waals surface area contributed by atoms with Gasteiger partial charge in [-0.2, -0.15) is 0 Å². The van der Waals surface area contributed by atoms with Crippen LogP contribution in [0.3, 0.4) is 0 Å². The molecule has 0 fully saturated rings. The maximum absolute atomic E-state index is 11.8. The van der Waals surface area contributed by atoms with Gasteiger partial charge in [0.25, 0.3) is 5.91 Å². The number of carbonyl (C=O) groups excluding carboxylic acids is 3. The van der Waals surface area contributed by atoms with Gasteiger partial charge in [-0.25, -0.2) is 4.79 Å². The number of amides is 1. The van der Waals surface area contributed by atoms with Crippen molar-refractivity contribution in [3.8, 4) is 5.75 Å². The quantitative estimate of drug-likeness (QED) is 0.499. The molecule has 0 aliphatic heterocycles. The molecule has 0 saturated carbocycles. The number of rotatable bonds is 10. The van der Waals surface area contributed by atoms with E-state index in [-0.39, 0.29) is 19.6 Å². The summed E-state index contributed by atoms with van der Waals surface area (Å²) in [6, 6.07) is 16.0. The van der Waals surface area contributed by atoms with Gasteiger partial charge in [-0.15, -0.1) is 0 Å². The number of hydrogen-bond acceptors (Lipinski definition) is 6. The van der Waals surface area contributed by atoms with Gasteiger partial charge in [0, 0.05) is 13.0 Å². The van der Waals surface area contributed by atoms with Gasteiger partial charge >= 0.3 is 11.9 Å². The van der Waals surface area contributed by atoms with Gasteiger partial charge in [-0.05, 0) is 36.2 Å². The smallest absolute Gasteiger partial charge is 0.337 e. The van der Waals surface area contributed by atoms with Gasteiger partial charge in [0.05, 0.1) is 19.3 Å². The molecule has 0 aromatic heterocycles. The summed E-state index contributed by atoms with van der Waals surface area (Å²) in [5.74, 6) is -0.522. The molecule has 148 valence electrons. The van der Waals surface area contributed by atoms with Crippen LogP contribution >= 0.6 is 0 Å². The molecule has 0 heterocycles. The van der Waals surface area contributed by atoms with Crippen molar-refractivity contribution in [2.45, 2.75) is 19.4 Å².